The van der Waals surface area contributed by atoms with E-state index in [1.807, 2.05) is 13.0 Å². The summed E-state index contributed by atoms with van der Waals surface area (Å²) in [5, 5.41) is 4.67. The zero-order chi connectivity index (χ0) is 19.7. The van der Waals surface area contributed by atoms with Crippen molar-refractivity contribution >= 4 is 29.1 Å². The van der Waals surface area contributed by atoms with Crippen LogP contribution in [-0.2, 0) is 6.54 Å². The maximum atomic E-state index is 13.0. The SMILES string of the molecule is CCN(Cc1ccc(Cl)nc1)C(=O)c1cc2nc(-c3ccco3)nn2c(N)n1. The highest BCUT2D eigenvalue weighted by molar-refractivity contribution is 6.29. The van der Waals surface area contributed by atoms with Crippen LogP contribution in [0, 0.1) is 0 Å². The Kier molecular flexibility index (Phi) is 4.66. The Hall–Kier alpha value is -3.46. The second-order valence-electron chi connectivity index (χ2n) is 5.99. The Bertz CT molecular complexity index is 1120. The first-order valence-corrected chi connectivity index (χ1v) is 8.90. The van der Waals surface area contributed by atoms with Crippen LogP contribution in [-0.4, -0.2) is 41.9 Å². The third-order valence-electron chi connectivity index (χ3n) is 4.14. The van der Waals surface area contributed by atoms with Gasteiger partial charge in [-0.05, 0) is 30.7 Å². The van der Waals surface area contributed by atoms with Gasteiger partial charge in [0.2, 0.25) is 11.8 Å². The fraction of sp³-hybridized carbons (Fsp3) is 0.167. The minimum Gasteiger partial charge on any atom is -0.461 e. The van der Waals surface area contributed by atoms with Crippen LogP contribution in [0.3, 0.4) is 0 Å². The molecule has 0 fully saturated rings. The topological polar surface area (TPSA) is 115 Å². The molecule has 0 aromatic carbocycles. The number of rotatable bonds is 5. The van der Waals surface area contributed by atoms with E-state index < -0.39 is 0 Å². The molecule has 0 bridgehead atoms. The fourth-order valence-electron chi connectivity index (χ4n) is 2.74. The number of anilines is 1. The van der Waals surface area contributed by atoms with E-state index in [4.69, 9.17) is 21.8 Å². The molecule has 0 radical (unpaired) electrons. The van der Waals surface area contributed by atoms with Gasteiger partial charge in [0.05, 0.1) is 6.26 Å². The molecule has 4 aromatic heterocycles. The summed E-state index contributed by atoms with van der Waals surface area (Å²) < 4.78 is 6.68. The first kappa shape index (κ1) is 17.9. The highest BCUT2D eigenvalue weighted by Gasteiger charge is 2.20. The highest BCUT2D eigenvalue weighted by atomic mass is 35.5. The summed E-state index contributed by atoms with van der Waals surface area (Å²) in [7, 11) is 0. The van der Waals surface area contributed by atoms with Gasteiger partial charge in [0.15, 0.2) is 11.4 Å². The normalized spacial score (nSPS) is 11.1. The Morgan fingerprint density at radius 2 is 2.18 bits per heavy atom. The van der Waals surface area contributed by atoms with E-state index in [1.165, 1.54) is 10.8 Å². The molecule has 28 heavy (non-hydrogen) atoms. The standard InChI is InChI=1S/C18H16ClN7O2/c1-2-25(10-11-5-6-14(19)21-9-11)17(27)12-8-15-23-16(13-4-3-7-28-13)24-26(15)18(20)22-12/h3-9H,2,10H2,1H3,(H2,20,22). The van der Waals surface area contributed by atoms with Crippen LogP contribution in [0.4, 0.5) is 5.95 Å². The number of nitrogens with two attached hydrogens (primary N) is 1. The molecular formula is C18H16ClN7O2. The van der Waals surface area contributed by atoms with Gasteiger partial charge in [-0.3, -0.25) is 4.79 Å². The maximum absolute atomic E-state index is 13.0. The third-order valence-corrected chi connectivity index (χ3v) is 4.37. The van der Waals surface area contributed by atoms with Crippen LogP contribution in [0.15, 0.2) is 47.2 Å². The Labute approximate surface area is 164 Å². The lowest BCUT2D eigenvalue weighted by atomic mass is 10.2. The second kappa shape index (κ2) is 7.28. The molecule has 10 heteroatoms. The number of hydrogen-bond donors (Lipinski definition) is 1. The van der Waals surface area contributed by atoms with Gasteiger partial charge in [-0.15, -0.1) is 5.10 Å². The average molecular weight is 398 g/mol. The summed E-state index contributed by atoms with van der Waals surface area (Å²) in [6.07, 6.45) is 3.17. The molecule has 2 N–H and O–H groups in total. The molecule has 9 nitrogen and oxygen atoms in total. The predicted molar refractivity (Wildman–Crippen MR) is 103 cm³/mol. The summed E-state index contributed by atoms with van der Waals surface area (Å²) >= 11 is 5.81. The number of nitrogens with zero attached hydrogens (tertiary/aromatic N) is 6. The van der Waals surface area contributed by atoms with Crippen LogP contribution < -0.4 is 5.73 Å². The lowest BCUT2D eigenvalue weighted by Gasteiger charge is -2.20. The second-order valence-corrected chi connectivity index (χ2v) is 6.38. The number of nitrogen functional groups attached to an aromatic ring is 1. The van der Waals surface area contributed by atoms with Gasteiger partial charge in [-0.1, -0.05) is 17.7 Å². The van der Waals surface area contributed by atoms with Gasteiger partial charge in [0.25, 0.3) is 5.91 Å². The average Bonchev–Trinajstić information content (AvgIpc) is 3.36. The number of aromatic nitrogens is 5. The zero-order valence-electron chi connectivity index (χ0n) is 14.9. The van der Waals surface area contributed by atoms with Crippen LogP contribution in [0.25, 0.3) is 17.2 Å². The van der Waals surface area contributed by atoms with Gasteiger partial charge in [-0.25, -0.2) is 15.0 Å². The summed E-state index contributed by atoms with van der Waals surface area (Å²) in [5.41, 5.74) is 7.45. The largest absolute Gasteiger partial charge is 0.461 e. The molecule has 0 aliphatic heterocycles. The van der Waals surface area contributed by atoms with Crippen molar-refractivity contribution < 1.29 is 9.21 Å². The number of hydrogen-bond acceptors (Lipinski definition) is 7. The number of carbonyl (C=O) groups is 1. The third kappa shape index (κ3) is 3.39. The molecule has 0 unspecified atom stereocenters. The van der Waals surface area contributed by atoms with E-state index in [0.29, 0.717) is 35.5 Å². The van der Waals surface area contributed by atoms with Crippen molar-refractivity contribution in [3.63, 3.8) is 0 Å². The molecule has 0 atom stereocenters. The van der Waals surface area contributed by atoms with E-state index in [1.54, 1.807) is 35.4 Å². The first-order chi connectivity index (χ1) is 13.5. The maximum Gasteiger partial charge on any atom is 0.273 e. The molecule has 0 saturated heterocycles. The minimum absolute atomic E-state index is 0.0652. The van der Waals surface area contributed by atoms with Gasteiger partial charge in [0, 0.05) is 25.4 Å². The number of halogens is 1. The van der Waals surface area contributed by atoms with E-state index in [-0.39, 0.29) is 17.5 Å². The number of furan rings is 1. The monoisotopic (exact) mass is 397 g/mol. The number of amides is 1. The molecule has 0 saturated carbocycles. The smallest absolute Gasteiger partial charge is 0.273 e. The van der Waals surface area contributed by atoms with Crippen LogP contribution >= 0.6 is 11.6 Å². The number of fused-ring (bicyclic) bond motifs is 1. The molecule has 4 heterocycles. The Morgan fingerprint density at radius 3 is 2.86 bits per heavy atom. The van der Waals surface area contributed by atoms with Crippen molar-refractivity contribution in [3.05, 3.63) is 59.2 Å². The van der Waals surface area contributed by atoms with Crippen molar-refractivity contribution in [2.24, 2.45) is 0 Å². The van der Waals surface area contributed by atoms with E-state index in [9.17, 15) is 4.79 Å². The molecule has 0 aliphatic carbocycles. The molecular weight excluding hydrogens is 382 g/mol. The van der Waals surface area contributed by atoms with Gasteiger partial charge in [0.1, 0.15) is 10.8 Å². The lowest BCUT2D eigenvalue weighted by Crippen LogP contribution is -2.31. The van der Waals surface area contributed by atoms with E-state index in [0.717, 1.165) is 5.56 Å². The quantitative estimate of drug-likeness (QED) is 0.514. The molecule has 1 amide bonds. The zero-order valence-corrected chi connectivity index (χ0v) is 15.7. The van der Waals surface area contributed by atoms with Crippen molar-refractivity contribution in [2.45, 2.75) is 13.5 Å². The van der Waals surface area contributed by atoms with Crippen LogP contribution in [0.5, 0.6) is 0 Å². The minimum atomic E-state index is -0.269. The molecule has 0 spiro atoms. The molecule has 4 aromatic rings. The van der Waals surface area contributed by atoms with E-state index in [2.05, 4.69) is 20.1 Å². The van der Waals surface area contributed by atoms with Gasteiger partial charge >= 0.3 is 0 Å². The van der Waals surface area contributed by atoms with Crippen molar-refractivity contribution in [1.82, 2.24) is 29.5 Å². The summed E-state index contributed by atoms with van der Waals surface area (Å²) in [6, 6.07) is 8.54. The van der Waals surface area contributed by atoms with Crippen molar-refractivity contribution in [2.75, 3.05) is 12.3 Å². The Morgan fingerprint density at radius 1 is 1.32 bits per heavy atom. The van der Waals surface area contributed by atoms with E-state index >= 15 is 0 Å². The highest BCUT2D eigenvalue weighted by Crippen LogP contribution is 2.19. The lowest BCUT2D eigenvalue weighted by molar-refractivity contribution is 0.0746. The van der Waals surface area contributed by atoms with Crippen LogP contribution in [0.2, 0.25) is 5.15 Å². The molecule has 0 aliphatic rings. The van der Waals surface area contributed by atoms with Crippen molar-refractivity contribution in [3.8, 4) is 11.6 Å². The number of pyridine rings is 1. The predicted octanol–water partition coefficient (Wildman–Crippen LogP) is 2.68. The summed E-state index contributed by atoms with van der Waals surface area (Å²) in [6.45, 7) is 2.74. The molecule has 4 rings (SSSR count). The Balaban J connectivity index is 1.64. The van der Waals surface area contributed by atoms with Gasteiger partial charge < -0.3 is 15.1 Å². The summed E-state index contributed by atoms with van der Waals surface area (Å²) in [5.74, 6) is 0.661. The van der Waals surface area contributed by atoms with Crippen LogP contribution in [0.1, 0.15) is 23.0 Å². The van der Waals surface area contributed by atoms with Gasteiger partial charge in [-0.2, -0.15) is 4.52 Å². The number of carbonyl (C=O) groups excluding carboxylic acids is 1. The fourth-order valence-corrected chi connectivity index (χ4v) is 2.85. The first-order valence-electron chi connectivity index (χ1n) is 8.52. The van der Waals surface area contributed by atoms with Crippen molar-refractivity contribution in [1.29, 1.82) is 0 Å². The molecule has 142 valence electrons. The summed E-state index contributed by atoms with van der Waals surface area (Å²) in [4.78, 5) is 27.2.